The maximum atomic E-state index is 11.9. The first-order valence-corrected chi connectivity index (χ1v) is 9.13. The van der Waals surface area contributed by atoms with Gasteiger partial charge in [-0.15, -0.1) is 0 Å². The van der Waals surface area contributed by atoms with Crippen LogP contribution in [-0.2, 0) is 11.3 Å². The summed E-state index contributed by atoms with van der Waals surface area (Å²) in [6.45, 7) is 1.36. The van der Waals surface area contributed by atoms with Crippen LogP contribution in [0.4, 0.5) is 4.79 Å². The van der Waals surface area contributed by atoms with Gasteiger partial charge in [0.2, 0.25) is 0 Å². The Kier molecular flexibility index (Phi) is 4.53. The average molecular weight is 312 g/mol. The van der Waals surface area contributed by atoms with E-state index in [1.807, 2.05) is 23.2 Å². The van der Waals surface area contributed by atoms with E-state index < -0.39 is 0 Å². The van der Waals surface area contributed by atoms with Crippen LogP contribution < -0.4 is 10.6 Å². The maximum absolute atomic E-state index is 11.9. The Hall–Kier alpha value is -0.720. The zero-order chi connectivity index (χ0) is 13.8. The number of amides is 2. The highest BCUT2D eigenvalue weighted by Crippen LogP contribution is 2.38. The van der Waals surface area contributed by atoms with Crippen LogP contribution in [0.1, 0.15) is 24.8 Å². The third-order valence-electron chi connectivity index (χ3n) is 3.93. The van der Waals surface area contributed by atoms with Crippen LogP contribution in [0.2, 0.25) is 0 Å². The number of ether oxygens (including phenoxy) is 1. The van der Waals surface area contributed by atoms with Crippen LogP contribution in [-0.4, -0.2) is 35.8 Å². The summed E-state index contributed by atoms with van der Waals surface area (Å²) in [7, 11) is 0. The molecule has 2 aliphatic heterocycles. The molecule has 2 amide bonds. The van der Waals surface area contributed by atoms with Crippen LogP contribution in [0.25, 0.3) is 0 Å². The normalized spacial score (nSPS) is 29.5. The van der Waals surface area contributed by atoms with E-state index in [1.54, 1.807) is 11.3 Å². The van der Waals surface area contributed by atoms with Gasteiger partial charge in [-0.2, -0.15) is 23.1 Å². The van der Waals surface area contributed by atoms with Gasteiger partial charge in [-0.3, -0.25) is 0 Å². The Balaban J connectivity index is 1.46. The molecule has 110 valence electrons. The van der Waals surface area contributed by atoms with E-state index in [9.17, 15) is 4.79 Å². The summed E-state index contributed by atoms with van der Waals surface area (Å²) in [4.78, 5) is 11.9. The van der Waals surface area contributed by atoms with E-state index in [0.29, 0.717) is 6.54 Å². The van der Waals surface area contributed by atoms with Crippen molar-refractivity contribution in [1.82, 2.24) is 10.6 Å². The van der Waals surface area contributed by atoms with Crippen molar-refractivity contribution in [3.05, 3.63) is 22.4 Å². The Morgan fingerprint density at radius 2 is 2.50 bits per heavy atom. The maximum Gasteiger partial charge on any atom is 0.315 e. The van der Waals surface area contributed by atoms with Crippen LogP contribution >= 0.6 is 23.1 Å². The van der Waals surface area contributed by atoms with Crippen LogP contribution in [0.3, 0.4) is 0 Å². The highest BCUT2D eigenvalue weighted by molar-refractivity contribution is 7.99. The molecule has 2 fully saturated rings. The lowest BCUT2D eigenvalue weighted by atomic mass is 9.90. The number of rotatable bonds is 3. The standard InChI is InChI=1S/C14H20N2O2S2/c17-13(15-8-11-2-5-19-9-11)16-12-1-4-18-14(7-12)3-6-20-10-14/h2,5,9,12H,1,3-4,6-8,10H2,(H2,15,16,17)/t12-,14-/m0/s1. The van der Waals surface area contributed by atoms with Gasteiger partial charge in [-0.25, -0.2) is 4.79 Å². The number of hydrogen-bond acceptors (Lipinski definition) is 4. The predicted molar refractivity (Wildman–Crippen MR) is 83.3 cm³/mol. The van der Waals surface area contributed by atoms with Crippen molar-refractivity contribution >= 4 is 29.1 Å². The average Bonchev–Trinajstić information content (AvgIpc) is 3.09. The molecule has 0 bridgehead atoms. The minimum atomic E-state index is -0.0658. The van der Waals surface area contributed by atoms with Crippen molar-refractivity contribution in [2.45, 2.75) is 37.5 Å². The first-order chi connectivity index (χ1) is 9.76. The molecule has 1 aromatic heterocycles. The second-order valence-corrected chi connectivity index (χ2v) is 7.37. The molecule has 2 N–H and O–H groups in total. The third kappa shape index (κ3) is 3.48. The SMILES string of the molecule is O=C(NCc1ccsc1)N[C@H]1CCO[C@@]2(CCSC2)C1. The lowest BCUT2D eigenvalue weighted by Crippen LogP contribution is -2.50. The molecule has 6 heteroatoms. The van der Waals surface area contributed by atoms with Gasteiger partial charge in [-0.05, 0) is 47.4 Å². The topological polar surface area (TPSA) is 50.4 Å². The van der Waals surface area contributed by atoms with Crippen molar-refractivity contribution in [3.8, 4) is 0 Å². The molecule has 0 aromatic carbocycles. The number of thioether (sulfide) groups is 1. The zero-order valence-corrected chi connectivity index (χ0v) is 13.0. The summed E-state index contributed by atoms with van der Waals surface area (Å²) in [5.41, 5.74) is 1.18. The molecule has 2 aliphatic rings. The van der Waals surface area contributed by atoms with Crippen LogP contribution in [0.15, 0.2) is 16.8 Å². The number of carbonyl (C=O) groups excluding carboxylic acids is 1. The molecule has 1 spiro atoms. The lowest BCUT2D eigenvalue weighted by molar-refractivity contribution is -0.0684. The highest BCUT2D eigenvalue weighted by Gasteiger charge is 2.40. The number of carbonyl (C=O) groups is 1. The van der Waals surface area contributed by atoms with E-state index in [1.165, 1.54) is 5.75 Å². The van der Waals surface area contributed by atoms with Gasteiger partial charge in [0, 0.05) is 24.9 Å². The second-order valence-electron chi connectivity index (χ2n) is 5.48. The molecule has 3 rings (SSSR count). The number of urea groups is 1. The lowest BCUT2D eigenvalue weighted by Gasteiger charge is -2.37. The summed E-state index contributed by atoms with van der Waals surface area (Å²) in [5.74, 6) is 2.25. The minimum Gasteiger partial charge on any atom is -0.374 e. The van der Waals surface area contributed by atoms with E-state index in [4.69, 9.17) is 4.74 Å². The number of nitrogens with one attached hydrogen (secondary N) is 2. The number of hydrogen-bond donors (Lipinski definition) is 2. The summed E-state index contributed by atoms with van der Waals surface area (Å²) in [6.07, 6.45) is 2.98. The molecular weight excluding hydrogens is 292 g/mol. The van der Waals surface area contributed by atoms with E-state index in [2.05, 4.69) is 16.0 Å². The quantitative estimate of drug-likeness (QED) is 0.902. The van der Waals surface area contributed by atoms with Crippen molar-refractivity contribution in [1.29, 1.82) is 0 Å². The molecule has 0 saturated carbocycles. The van der Waals surface area contributed by atoms with Gasteiger partial charge in [0.05, 0.1) is 5.60 Å². The predicted octanol–water partition coefficient (Wildman–Crippen LogP) is 2.60. The first kappa shape index (κ1) is 14.2. The molecule has 0 unspecified atom stereocenters. The summed E-state index contributed by atoms with van der Waals surface area (Å²) in [5, 5.41) is 10.1. The Morgan fingerprint density at radius 3 is 3.25 bits per heavy atom. The fourth-order valence-corrected chi connectivity index (χ4v) is 4.87. The van der Waals surface area contributed by atoms with Crippen LogP contribution in [0.5, 0.6) is 0 Å². The summed E-state index contributed by atoms with van der Waals surface area (Å²) in [6, 6.07) is 2.21. The summed E-state index contributed by atoms with van der Waals surface area (Å²) >= 11 is 3.61. The fraction of sp³-hybridized carbons (Fsp3) is 0.643. The molecule has 0 aliphatic carbocycles. The van der Waals surface area contributed by atoms with Gasteiger partial charge < -0.3 is 15.4 Å². The minimum absolute atomic E-state index is 0.0220. The van der Waals surface area contributed by atoms with E-state index >= 15 is 0 Å². The van der Waals surface area contributed by atoms with Gasteiger partial charge in [0.25, 0.3) is 0 Å². The van der Waals surface area contributed by atoms with E-state index in [-0.39, 0.29) is 17.7 Å². The number of thiophene rings is 1. The fourth-order valence-electron chi connectivity index (χ4n) is 2.83. The molecule has 20 heavy (non-hydrogen) atoms. The van der Waals surface area contributed by atoms with Gasteiger partial charge >= 0.3 is 6.03 Å². The molecule has 4 nitrogen and oxygen atoms in total. The Labute approximate surface area is 127 Å². The van der Waals surface area contributed by atoms with Crippen LogP contribution in [0, 0.1) is 0 Å². The van der Waals surface area contributed by atoms with Gasteiger partial charge in [0.15, 0.2) is 0 Å². The smallest absolute Gasteiger partial charge is 0.315 e. The molecule has 2 atom stereocenters. The largest absolute Gasteiger partial charge is 0.374 e. The molecule has 0 radical (unpaired) electrons. The van der Waals surface area contributed by atoms with Gasteiger partial charge in [0.1, 0.15) is 0 Å². The zero-order valence-electron chi connectivity index (χ0n) is 11.4. The van der Waals surface area contributed by atoms with E-state index in [0.717, 1.165) is 37.2 Å². The van der Waals surface area contributed by atoms with Crippen molar-refractivity contribution in [3.63, 3.8) is 0 Å². The molecule has 1 aromatic rings. The third-order valence-corrected chi connectivity index (χ3v) is 5.88. The second kappa shape index (κ2) is 6.37. The Bertz CT molecular complexity index is 444. The van der Waals surface area contributed by atoms with Crippen molar-refractivity contribution in [2.75, 3.05) is 18.1 Å². The first-order valence-electron chi connectivity index (χ1n) is 7.03. The van der Waals surface area contributed by atoms with Crippen molar-refractivity contribution in [2.24, 2.45) is 0 Å². The molecule has 2 saturated heterocycles. The summed E-state index contributed by atoms with van der Waals surface area (Å²) < 4.78 is 5.97. The molecule has 3 heterocycles. The highest BCUT2D eigenvalue weighted by atomic mass is 32.2. The Morgan fingerprint density at radius 1 is 1.55 bits per heavy atom. The monoisotopic (exact) mass is 312 g/mol. The van der Waals surface area contributed by atoms with Crippen molar-refractivity contribution < 1.29 is 9.53 Å². The van der Waals surface area contributed by atoms with Gasteiger partial charge in [-0.1, -0.05) is 0 Å². The molecular formula is C14H20N2O2S2.